The number of nitriles is 1. The number of halogens is 2. The maximum Gasteiger partial charge on any atom is 0.129 e. The molecule has 1 aliphatic rings. The summed E-state index contributed by atoms with van der Waals surface area (Å²) in [6.45, 7) is 1.63. The molecule has 2 atom stereocenters. The van der Waals surface area contributed by atoms with Crippen LogP contribution in [0.3, 0.4) is 0 Å². The molecule has 0 saturated heterocycles. The second-order valence-electron chi connectivity index (χ2n) is 7.30. The zero-order chi connectivity index (χ0) is 21.3. The Morgan fingerprint density at radius 2 is 1.57 bits per heavy atom. The average Bonchev–Trinajstić information content (AvgIpc) is 3.17. The molecule has 0 saturated carbocycles. The van der Waals surface area contributed by atoms with Gasteiger partial charge in [-0.25, -0.2) is 8.78 Å². The van der Waals surface area contributed by atoms with E-state index in [1.54, 1.807) is 49.4 Å². The lowest BCUT2D eigenvalue weighted by atomic mass is 9.76. The second-order valence-corrected chi connectivity index (χ2v) is 7.30. The molecule has 4 nitrogen and oxygen atoms in total. The van der Waals surface area contributed by atoms with Crippen molar-refractivity contribution in [3.8, 4) is 6.07 Å². The fourth-order valence-electron chi connectivity index (χ4n) is 3.96. The van der Waals surface area contributed by atoms with Crippen molar-refractivity contribution in [2.45, 2.75) is 24.6 Å². The fourth-order valence-corrected chi connectivity index (χ4v) is 3.96. The number of rotatable bonds is 4. The van der Waals surface area contributed by atoms with Crippen molar-refractivity contribution >= 4 is 5.84 Å². The van der Waals surface area contributed by atoms with Crippen molar-refractivity contribution in [1.29, 1.82) is 5.26 Å². The minimum atomic E-state index is -1.05. The van der Waals surface area contributed by atoms with Gasteiger partial charge in [0.1, 0.15) is 29.1 Å². The Morgan fingerprint density at radius 1 is 1.00 bits per heavy atom. The van der Waals surface area contributed by atoms with Crippen LogP contribution in [0, 0.1) is 23.0 Å². The maximum absolute atomic E-state index is 13.7. The van der Waals surface area contributed by atoms with Gasteiger partial charge in [-0.05, 0) is 54.4 Å². The Hall–Kier alpha value is -3.56. The molecule has 0 bridgehead atoms. The van der Waals surface area contributed by atoms with E-state index in [9.17, 15) is 19.1 Å². The van der Waals surface area contributed by atoms with Gasteiger partial charge in [0.2, 0.25) is 0 Å². The quantitative estimate of drug-likeness (QED) is 0.695. The summed E-state index contributed by atoms with van der Waals surface area (Å²) in [5.41, 5.74) is 1.47. The van der Waals surface area contributed by atoms with Gasteiger partial charge in [-0.15, -0.1) is 0 Å². The van der Waals surface area contributed by atoms with E-state index in [4.69, 9.17) is 4.99 Å². The summed E-state index contributed by atoms with van der Waals surface area (Å²) >= 11 is 0. The maximum atomic E-state index is 13.7. The minimum Gasteiger partial charge on any atom is -0.391 e. The molecule has 2 N–H and O–H groups in total. The summed E-state index contributed by atoms with van der Waals surface area (Å²) in [4.78, 5) is 4.74. The number of benzene rings is 3. The van der Waals surface area contributed by atoms with Gasteiger partial charge in [-0.2, -0.15) is 5.26 Å². The largest absolute Gasteiger partial charge is 0.391 e. The van der Waals surface area contributed by atoms with Crippen LogP contribution in [0.4, 0.5) is 8.78 Å². The predicted molar refractivity (Wildman–Crippen MR) is 110 cm³/mol. The molecule has 1 aliphatic heterocycles. The van der Waals surface area contributed by atoms with Crippen LogP contribution in [-0.4, -0.2) is 23.1 Å². The van der Waals surface area contributed by atoms with Gasteiger partial charge in [-0.3, -0.25) is 4.99 Å². The fraction of sp³-hybridized carbons (Fsp3) is 0.167. The lowest BCUT2D eigenvalue weighted by molar-refractivity contribution is 0.134. The molecule has 0 fully saturated rings. The third-order valence-corrected chi connectivity index (χ3v) is 5.35. The third kappa shape index (κ3) is 3.34. The van der Waals surface area contributed by atoms with Crippen molar-refractivity contribution in [2.75, 3.05) is 0 Å². The first-order valence-electron chi connectivity index (χ1n) is 9.51. The molecular weight excluding hydrogens is 384 g/mol. The molecule has 30 heavy (non-hydrogen) atoms. The number of aliphatic imine (C=N–C) groups is 1. The van der Waals surface area contributed by atoms with Crippen LogP contribution in [0.1, 0.15) is 29.2 Å². The highest BCUT2D eigenvalue weighted by Crippen LogP contribution is 2.40. The van der Waals surface area contributed by atoms with Gasteiger partial charge < -0.3 is 10.4 Å². The van der Waals surface area contributed by atoms with Crippen LogP contribution < -0.4 is 5.32 Å². The normalized spacial score (nSPS) is 18.2. The van der Waals surface area contributed by atoms with E-state index in [1.807, 2.05) is 6.07 Å². The highest BCUT2D eigenvalue weighted by Gasteiger charge is 2.49. The molecule has 3 aromatic rings. The summed E-state index contributed by atoms with van der Waals surface area (Å²) in [6, 6.07) is 20.3. The smallest absolute Gasteiger partial charge is 0.129 e. The number of hydrogen-bond donors (Lipinski definition) is 2. The van der Waals surface area contributed by atoms with Crippen molar-refractivity contribution in [2.24, 2.45) is 4.99 Å². The predicted octanol–water partition coefficient (Wildman–Crippen LogP) is 3.88. The molecule has 2 unspecified atom stereocenters. The first kappa shape index (κ1) is 19.7. The summed E-state index contributed by atoms with van der Waals surface area (Å²) in [6.07, 6.45) is -0.871. The zero-order valence-electron chi connectivity index (χ0n) is 16.2. The second kappa shape index (κ2) is 7.69. The average molecular weight is 403 g/mol. The molecule has 0 aliphatic carbocycles. The van der Waals surface area contributed by atoms with Gasteiger partial charge in [0.15, 0.2) is 0 Å². The monoisotopic (exact) mass is 403 g/mol. The molecule has 0 spiro atoms. The number of hydrogen-bond acceptors (Lipinski definition) is 4. The Balaban J connectivity index is 1.91. The SMILES string of the molecule is CC(O)C1N=C(c2cccc(C#N)c2)NC1(c1ccc(F)cc1)c1ccc(F)cc1. The van der Waals surface area contributed by atoms with Gasteiger partial charge in [0, 0.05) is 5.56 Å². The summed E-state index contributed by atoms with van der Waals surface area (Å²) < 4.78 is 27.3. The molecule has 4 rings (SSSR count). The third-order valence-electron chi connectivity index (χ3n) is 5.35. The number of nitrogens with one attached hydrogen (secondary N) is 1. The Morgan fingerprint density at radius 3 is 2.07 bits per heavy atom. The number of amidine groups is 1. The first-order valence-corrected chi connectivity index (χ1v) is 9.51. The van der Waals surface area contributed by atoms with Crippen molar-refractivity contribution in [3.63, 3.8) is 0 Å². The van der Waals surface area contributed by atoms with Crippen LogP contribution in [-0.2, 0) is 5.54 Å². The molecule has 6 heteroatoms. The number of aliphatic hydroxyl groups is 1. The highest BCUT2D eigenvalue weighted by molar-refractivity contribution is 6.01. The van der Waals surface area contributed by atoms with Crippen LogP contribution in [0.15, 0.2) is 77.8 Å². The topological polar surface area (TPSA) is 68.4 Å². The summed E-state index contributed by atoms with van der Waals surface area (Å²) in [5.74, 6) is -0.281. The Kier molecular flexibility index (Phi) is 5.06. The van der Waals surface area contributed by atoms with Crippen molar-refractivity contribution < 1.29 is 13.9 Å². The van der Waals surface area contributed by atoms with E-state index in [2.05, 4.69) is 11.4 Å². The molecule has 0 amide bonds. The Bertz CT molecular complexity index is 1090. The zero-order valence-corrected chi connectivity index (χ0v) is 16.2. The molecular formula is C24H19F2N3O. The van der Waals surface area contributed by atoms with Crippen LogP contribution in [0.25, 0.3) is 0 Å². The lowest BCUT2D eigenvalue weighted by Gasteiger charge is -2.37. The summed E-state index contributed by atoms with van der Waals surface area (Å²) in [5, 5.41) is 23.3. The highest BCUT2D eigenvalue weighted by atomic mass is 19.1. The standard InChI is InChI=1S/C24H19F2N3O/c1-15(30)22-24(18-5-9-20(25)10-6-18,19-7-11-21(26)12-8-19)29-23(28-22)17-4-2-3-16(13-17)14-27/h2-13,15,22,30H,1H3,(H,28,29). The molecule has 150 valence electrons. The molecule has 0 aromatic heterocycles. The van der Waals surface area contributed by atoms with Gasteiger partial charge in [-0.1, -0.05) is 36.4 Å². The first-order chi connectivity index (χ1) is 14.4. The molecule has 0 radical (unpaired) electrons. The van der Waals surface area contributed by atoms with E-state index >= 15 is 0 Å². The lowest BCUT2D eigenvalue weighted by Crippen LogP contribution is -2.52. The van der Waals surface area contributed by atoms with E-state index in [1.165, 1.54) is 24.3 Å². The number of nitrogens with zero attached hydrogens (tertiary/aromatic N) is 2. The van der Waals surface area contributed by atoms with E-state index in [-0.39, 0.29) is 11.6 Å². The van der Waals surface area contributed by atoms with E-state index in [0.29, 0.717) is 28.1 Å². The van der Waals surface area contributed by atoms with Gasteiger partial charge in [0.05, 0.1) is 17.7 Å². The van der Waals surface area contributed by atoms with Crippen LogP contribution >= 0.6 is 0 Å². The van der Waals surface area contributed by atoms with Crippen molar-refractivity contribution in [3.05, 3.63) is 107 Å². The Labute approximate surface area is 173 Å². The van der Waals surface area contributed by atoms with Crippen LogP contribution in [0.5, 0.6) is 0 Å². The minimum absolute atomic E-state index is 0.387. The van der Waals surface area contributed by atoms with E-state index in [0.717, 1.165) is 0 Å². The summed E-state index contributed by atoms with van der Waals surface area (Å²) in [7, 11) is 0. The van der Waals surface area contributed by atoms with Crippen LogP contribution in [0.2, 0.25) is 0 Å². The number of aliphatic hydroxyl groups excluding tert-OH is 1. The molecule has 1 heterocycles. The molecule has 3 aromatic carbocycles. The van der Waals surface area contributed by atoms with E-state index < -0.39 is 17.7 Å². The van der Waals surface area contributed by atoms with Gasteiger partial charge >= 0.3 is 0 Å². The van der Waals surface area contributed by atoms with Gasteiger partial charge in [0.25, 0.3) is 0 Å². The van der Waals surface area contributed by atoms with Crippen molar-refractivity contribution in [1.82, 2.24) is 5.32 Å².